The van der Waals surface area contributed by atoms with Crippen LogP contribution in [0.5, 0.6) is 5.75 Å². The third-order valence-corrected chi connectivity index (χ3v) is 11.3. The monoisotopic (exact) mass is 625 g/mol. The topological polar surface area (TPSA) is 90.4 Å². The number of hydrogen-bond acceptors (Lipinski definition) is 6. The summed E-state index contributed by atoms with van der Waals surface area (Å²) in [6.45, 7) is 10.5. The lowest BCUT2D eigenvalue weighted by Gasteiger charge is -2.37. The Labute approximate surface area is 268 Å². The highest BCUT2D eigenvalue weighted by Gasteiger charge is 2.74. The maximum absolute atomic E-state index is 14.7. The van der Waals surface area contributed by atoms with Crippen molar-refractivity contribution < 1.29 is 24.2 Å². The Kier molecular flexibility index (Phi) is 8.75. The highest BCUT2D eigenvalue weighted by Crippen LogP contribution is 2.66. The van der Waals surface area contributed by atoms with Crippen LogP contribution in [0.15, 0.2) is 92.0 Å². The van der Waals surface area contributed by atoms with Crippen molar-refractivity contribution in [2.75, 3.05) is 42.6 Å². The Morgan fingerprint density at radius 1 is 1.00 bits per heavy atom. The van der Waals surface area contributed by atoms with E-state index in [9.17, 15) is 19.5 Å². The van der Waals surface area contributed by atoms with Crippen molar-refractivity contribution in [2.45, 2.75) is 35.8 Å². The minimum atomic E-state index is -0.820. The van der Waals surface area contributed by atoms with E-state index in [4.69, 9.17) is 4.74 Å². The summed E-state index contributed by atoms with van der Waals surface area (Å²) < 4.78 is 4.82. The van der Waals surface area contributed by atoms with Gasteiger partial charge < -0.3 is 24.5 Å². The van der Waals surface area contributed by atoms with Gasteiger partial charge in [-0.25, -0.2) is 0 Å². The molecule has 3 heterocycles. The van der Waals surface area contributed by atoms with Gasteiger partial charge in [0.25, 0.3) is 5.91 Å². The molecule has 5 atom stereocenters. The molecule has 234 valence electrons. The molecule has 3 fully saturated rings. The molecule has 3 aromatic rings. The van der Waals surface area contributed by atoms with Crippen molar-refractivity contribution in [3.8, 4) is 5.75 Å². The van der Waals surface area contributed by atoms with Crippen molar-refractivity contribution in [1.29, 1.82) is 0 Å². The van der Waals surface area contributed by atoms with Crippen molar-refractivity contribution in [3.63, 3.8) is 0 Å². The van der Waals surface area contributed by atoms with E-state index >= 15 is 0 Å². The van der Waals surface area contributed by atoms with E-state index in [2.05, 4.69) is 13.2 Å². The van der Waals surface area contributed by atoms with Crippen LogP contribution in [0.25, 0.3) is 10.8 Å². The predicted molar refractivity (Wildman–Crippen MR) is 180 cm³/mol. The minimum Gasteiger partial charge on any atom is -0.494 e. The molecule has 2 bridgehead atoms. The Morgan fingerprint density at radius 2 is 1.67 bits per heavy atom. The second-order valence-electron chi connectivity index (χ2n) is 11.7. The number of β-amino-alcohol motifs (C(OH)–C–C–N with tert-alkyl or cyclic N) is 1. The number of aliphatic hydroxyl groups is 1. The number of nitrogens with zero attached hydrogens (tertiary/aromatic N) is 3. The van der Waals surface area contributed by atoms with E-state index in [0.29, 0.717) is 30.2 Å². The van der Waals surface area contributed by atoms with Crippen LogP contribution in [0.4, 0.5) is 11.4 Å². The highest BCUT2D eigenvalue weighted by molar-refractivity contribution is 8.02. The number of carbonyl (C=O) groups excluding carboxylic acids is 3. The molecule has 3 aliphatic rings. The van der Waals surface area contributed by atoms with Gasteiger partial charge in [-0.1, -0.05) is 42.5 Å². The van der Waals surface area contributed by atoms with E-state index in [-0.39, 0.29) is 49.2 Å². The van der Waals surface area contributed by atoms with Gasteiger partial charge in [0.15, 0.2) is 0 Å². The molecule has 0 saturated carbocycles. The zero-order chi connectivity index (χ0) is 31.7. The number of amides is 3. The first-order chi connectivity index (χ1) is 21.9. The molecule has 9 heteroatoms. The third kappa shape index (κ3) is 5.21. The number of rotatable bonds is 12. The van der Waals surface area contributed by atoms with E-state index in [0.717, 1.165) is 17.2 Å². The van der Waals surface area contributed by atoms with Crippen molar-refractivity contribution in [1.82, 2.24) is 4.90 Å². The molecular weight excluding hydrogens is 586 g/mol. The average molecular weight is 626 g/mol. The Hall–Kier alpha value is -4.08. The second-order valence-corrected chi connectivity index (χ2v) is 13.3. The van der Waals surface area contributed by atoms with Crippen LogP contribution in [-0.4, -0.2) is 76.6 Å². The average Bonchev–Trinajstić information content (AvgIpc) is 3.70. The molecule has 0 aliphatic carbocycles. The smallest absolute Gasteiger partial charge is 0.251 e. The van der Waals surface area contributed by atoms with Gasteiger partial charge in [-0.2, -0.15) is 0 Å². The van der Waals surface area contributed by atoms with Gasteiger partial charge in [0.05, 0.1) is 29.8 Å². The molecule has 0 aromatic heterocycles. The summed E-state index contributed by atoms with van der Waals surface area (Å²) in [5.41, 5.74) is 1.41. The summed E-state index contributed by atoms with van der Waals surface area (Å²) in [5.74, 6) is -1.17. The zero-order valence-corrected chi connectivity index (χ0v) is 26.3. The Bertz CT molecular complexity index is 1630. The highest BCUT2D eigenvalue weighted by atomic mass is 32.2. The van der Waals surface area contributed by atoms with Gasteiger partial charge in [0.1, 0.15) is 11.8 Å². The van der Waals surface area contributed by atoms with Crippen LogP contribution in [0.2, 0.25) is 0 Å². The minimum absolute atomic E-state index is 0.0224. The third-order valence-electron chi connectivity index (χ3n) is 9.32. The van der Waals surface area contributed by atoms with Crippen LogP contribution in [0, 0.1) is 11.8 Å². The number of likely N-dealkylation sites (tertiary alicyclic amines) is 1. The van der Waals surface area contributed by atoms with Crippen molar-refractivity contribution in [3.05, 3.63) is 92.0 Å². The summed E-state index contributed by atoms with van der Waals surface area (Å²) in [4.78, 5) is 48.4. The summed E-state index contributed by atoms with van der Waals surface area (Å²) in [5, 5.41) is 12.0. The fourth-order valence-electron chi connectivity index (χ4n) is 7.53. The lowest BCUT2D eigenvalue weighted by Crippen LogP contribution is -2.55. The predicted octanol–water partition coefficient (Wildman–Crippen LogP) is 5.06. The first kappa shape index (κ1) is 30.9. The summed E-state index contributed by atoms with van der Waals surface area (Å²) in [7, 11) is 0. The van der Waals surface area contributed by atoms with Crippen LogP contribution in [0.1, 0.15) is 19.8 Å². The number of thioether (sulfide) groups is 1. The maximum Gasteiger partial charge on any atom is 0.251 e. The Morgan fingerprint density at radius 3 is 2.33 bits per heavy atom. The molecule has 3 aromatic carbocycles. The summed E-state index contributed by atoms with van der Waals surface area (Å²) in [6.07, 6.45) is 4.74. The lowest BCUT2D eigenvalue weighted by atomic mass is 9.70. The van der Waals surface area contributed by atoms with Gasteiger partial charge in [-0.3, -0.25) is 14.4 Å². The zero-order valence-electron chi connectivity index (χ0n) is 25.5. The number of fused-ring (bicyclic) bond motifs is 2. The van der Waals surface area contributed by atoms with E-state index in [1.807, 2.05) is 73.7 Å². The maximum atomic E-state index is 14.7. The quantitative estimate of drug-likeness (QED) is 0.283. The molecule has 0 radical (unpaired) electrons. The molecule has 1 spiro atoms. The van der Waals surface area contributed by atoms with Crippen LogP contribution in [-0.2, 0) is 14.4 Å². The van der Waals surface area contributed by atoms with Crippen LogP contribution < -0.4 is 14.5 Å². The summed E-state index contributed by atoms with van der Waals surface area (Å²) in [6, 6.07) is 20.4. The van der Waals surface area contributed by atoms with E-state index in [1.54, 1.807) is 33.7 Å². The first-order valence-corrected chi connectivity index (χ1v) is 16.4. The largest absolute Gasteiger partial charge is 0.494 e. The number of aliphatic hydroxyl groups excluding tert-OH is 1. The number of carbonyl (C=O) groups is 3. The molecule has 3 amide bonds. The van der Waals surface area contributed by atoms with Gasteiger partial charge in [0.2, 0.25) is 11.8 Å². The molecule has 3 saturated heterocycles. The van der Waals surface area contributed by atoms with Gasteiger partial charge >= 0.3 is 0 Å². The molecule has 6 rings (SSSR count). The summed E-state index contributed by atoms with van der Waals surface area (Å²) >= 11 is 1.62. The van der Waals surface area contributed by atoms with Crippen molar-refractivity contribution >= 4 is 51.6 Å². The van der Waals surface area contributed by atoms with Gasteiger partial charge in [-0.15, -0.1) is 24.9 Å². The molecular formula is C36H39N3O5S. The number of ether oxygens (including phenoxy) is 1. The van der Waals surface area contributed by atoms with Gasteiger partial charge in [0, 0.05) is 36.3 Å². The van der Waals surface area contributed by atoms with Gasteiger partial charge in [-0.05, 0) is 66.9 Å². The van der Waals surface area contributed by atoms with Crippen LogP contribution >= 0.6 is 11.8 Å². The fraction of sp³-hybridized carbons (Fsp3) is 0.361. The van der Waals surface area contributed by atoms with E-state index < -0.39 is 22.6 Å². The number of benzene rings is 3. The number of hydrogen-bond donors (Lipinski definition) is 1. The second kappa shape index (κ2) is 12.7. The number of anilines is 2. The SMILES string of the molecule is C=CCN(C(=O)C1N(CCO)C(=O)[C@@H]2[C@@H](C(=O)N(CC=C)c3ccc(OCC)cc3)[C@H]3CCC12S3)c1ccc2ccccc2c1. The molecule has 1 N–H and O–H groups in total. The molecule has 2 unspecified atom stereocenters. The molecule has 8 nitrogen and oxygen atoms in total. The van der Waals surface area contributed by atoms with Crippen molar-refractivity contribution in [2.24, 2.45) is 11.8 Å². The van der Waals surface area contributed by atoms with Crippen LogP contribution in [0.3, 0.4) is 0 Å². The normalized spacial score (nSPS) is 24.8. The van der Waals surface area contributed by atoms with E-state index in [1.165, 1.54) is 4.90 Å². The Balaban J connectivity index is 1.36. The first-order valence-electron chi connectivity index (χ1n) is 15.5. The fourth-order valence-corrected chi connectivity index (χ4v) is 9.73. The molecule has 3 aliphatic heterocycles. The molecule has 45 heavy (non-hydrogen) atoms. The standard InChI is InChI=1S/C36H39N3O5S/c1-4-19-37(26-13-15-28(16-14-26)44-6-3)33(41)30-29-17-18-36(45-29)31(30)34(42)39(21-22-40)32(36)35(43)38(20-5-2)27-12-11-24-9-7-8-10-25(24)23-27/h4-5,7-16,23,29-32,40H,1-2,6,17-22H2,3H3/t29-,30+,31+,32?,36?/m1/s1. The lowest BCUT2D eigenvalue weighted by molar-refractivity contribution is -0.139.